The first-order chi connectivity index (χ1) is 12.4. The van der Waals surface area contributed by atoms with Crippen molar-refractivity contribution in [2.75, 3.05) is 0 Å². The van der Waals surface area contributed by atoms with Crippen LogP contribution in [-0.2, 0) is 0 Å². The Morgan fingerprint density at radius 2 is 1.96 bits per heavy atom. The summed E-state index contributed by atoms with van der Waals surface area (Å²) in [7, 11) is 0. The Morgan fingerprint density at radius 3 is 2.73 bits per heavy atom. The van der Waals surface area contributed by atoms with E-state index in [0.717, 1.165) is 30.6 Å². The van der Waals surface area contributed by atoms with Gasteiger partial charge in [0.1, 0.15) is 0 Å². The highest BCUT2D eigenvalue weighted by atomic mass is 16.3. The van der Waals surface area contributed by atoms with Crippen molar-refractivity contribution in [3.05, 3.63) is 36.4 Å². The van der Waals surface area contributed by atoms with Gasteiger partial charge in [0.05, 0.1) is 12.4 Å². The first-order valence-corrected chi connectivity index (χ1v) is 10.5. The molecule has 0 bridgehead atoms. The number of aliphatic hydroxyl groups is 1. The topological polar surface area (TPSA) is 38.0 Å². The minimum absolute atomic E-state index is 0.118. The molecule has 1 aromatic rings. The smallest absolute Gasteiger partial charge is 0.0989 e. The summed E-state index contributed by atoms with van der Waals surface area (Å²) in [6, 6.07) is 0. The molecule has 0 spiro atoms. The molecule has 0 saturated heterocycles. The van der Waals surface area contributed by atoms with Crippen LogP contribution in [0.1, 0.15) is 59.3 Å². The number of hydrogen-bond acceptors (Lipinski definition) is 2. The third-order valence-electron chi connectivity index (χ3n) is 8.73. The van der Waals surface area contributed by atoms with E-state index in [9.17, 15) is 5.11 Å². The van der Waals surface area contributed by atoms with Gasteiger partial charge in [-0.1, -0.05) is 38.5 Å². The number of allylic oxidation sites excluding steroid dienone is 3. The lowest BCUT2D eigenvalue weighted by atomic mass is 9.46. The summed E-state index contributed by atoms with van der Waals surface area (Å²) in [5, 5.41) is 10.2. The quantitative estimate of drug-likeness (QED) is 0.730. The maximum atomic E-state index is 10.2. The summed E-state index contributed by atoms with van der Waals surface area (Å²) in [4.78, 5) is 4.29. The Bertz CT molecular complexity index is 763. The van der Waals surface area contributed by atoms with Gasteiger partial charge in [-0.25, -0.2) is 4.98 Å². The summed E-state index contributed by atoms with van der Waals surface area (Å²) >= 11 is 0. The molecular formula is C23H32N2O. The van der Waals surface area contributed by atoms with Crippen molar-refractivity contribution in [2.45, 2.75) is 65.4 Å². The second-order valence-corrected chi connectivity index (χ2v) is 9.91. The lowest BCUT2D eigenvalue weighted by molar-refractivity contribution is -0.0436. The van der Waals surface area contributed by atoms with E-state index in [-0.39, 0.29) is 11.5 Å². The molecule has 3 nitrogen and oxygen atoms in total. The van der Waals surface area contributed by atoms with Crippen molar-refractivity contribution in [3.63, 3.8) is 0 Å². The second-order valence-electron chi connectivity index (χ2n) is 9.91. The zero-order valence-corrected chi connectivity index (χ0v) is 16.4. The largest absolute Gasteiger partial charge is 0.393 e. The van der Waals surface area contributed by atoms with Crippen LogP contribution < -0.4 is 0 Å². The normalized spacial score (nSPS) is 47.5. The van der Waals surface area contributed by atoms with Gasteiger partial charge in [0.15, 0.2) is 0 Å². The predicted octanol–water partition coefficient (Wildman–Crippen LogP) is 4.90. The van der Waals surface area contributed by atoms with E-state index in [1.807, 2.05) is 12.5 Å². The molecule has 3 heteroatoms. The van der Waals surface area contributed by atoms with Crippen LogP contribution in [-0.4, -0.2) is 20.8 Å². The molecule has 1 heterocycles. The molecule has 1 aromatic heterocycles. The summed E-state index contributed by atoms with van der Waals surface area (Å²) < 4.78 is 2.26. The molecule has 0 aliphatic heterocycles. The number of fused-ring (bicyclic) bond motifs is 5. The van der Waals surface area contributed by atoms with E-state index in [2.05, 4.69) is 48.7 Å². The lowest BCUT2D eigenvalue weighted by Gasteiger charge is -2.59. The summed E-state index contributed by atoms with van der Waals surface area (Å²) in [6.45, 7) is 7.45. The van der Waals surface area contributed by atoms with Gasteiger partial charge in [0.25, 0.3) is 0 Å². The van der Waals surface area contributed by atoms with E-state index in [1.165, 1.54) is 31.4 Å². The molecule has 2 fully saturated rings. The highest BCUT2D eigenvalue weighted by Gasteiger charge is 2.58. The van der Waals surface area contributed by atoms with E-state index >= 15 is 0 Å². The number of aliphatic hydroxyl groups excluding tert-OH is 1. The van der Waals surface area contributed by atoms with Gasteiger partial charge in [0, 0.05) is 23.5 Å². The SMILES string of the molecule is C[C@H]1C=C2C[C@@H](O)CC[C@]2(C)[C@H]2CC[C@]3(C)C(n4ccnc4)=CC[C@H]3[C@H]12. The maximum absolute atomic E-state index is 10.2. The van der Waals surface area contributed by atoms with E-state index in [0.29, 0.717) is 11.3 Å². The van der Waals surface area contributed by atoms with Gasteiger partial charge >= 0.3 is 0 Å². The zero-order valence-electron chi connectivity index (χ0n) is 16.4. The Kier molecular flexibility index (Phi) is 3.60. The Morgan fingerprint density at radius 1 is 1.15 bits per heavy atom. The first kappa shape index (κ1) is 16.8. The molecule has 7 atom stereocenters. The van der Waals surface area contributed by atoms with Crippen LogP contribution in [0.25, 0.3) is 5.70 Å². The third kappa shape index (κ3) is 2.13. The predicted molar refractivity (Wildman–Crippen MR) is 104 cm³/mol. The monoisotopic (exact) mass is 352 g/mol. The third-order valence-corrected chi connectivity index (χ3v) is 8.73. The second kappa shape index (κ2) is 5.58. The molecule has 26 heavy (non-hydrogen) atoms. The van der Waals surface area contributed by atoms with Gasteiger partial charge in [-0.05, 0) is 67.6 Å². The highest BCUT2D eigenvalue weighted by Crippen LogP contribution is 2.66. The summed E-state index contributed by atoms with van der Waals surface area (Å²) in [5.41, 5.74) is 3.63. The van der Waals surface area contributed by atoms with Crippen LogP contribution in [0.15, 0.2) is 36.4 Å². The fraction of sp³-hybridized carbons (Fsp3) is 0.696. The van der Waals surface area contributed by atoms with Crippen LogP contribution in [0.5, 0.6) is 0 Å². The molecule has 4 aliphatic carbocycles. The van der Waals surface area contributed by atoms with Gasteiger partial charge in [-0.15, -0.1) is 0 Å². The molecule has 0 unspecified atom stereocenters. The first-order valence-electron chi connectivity index (χ1n) is 10.5. The Balaban J connectivity index is 1.52. The van der Waals surface area contributed by atoms with Crippen molar-refractivity contribution in [3.8, 4) is 0 Å². The van der Waals surface area contributed by atoms with Crippen LogP contribution in [0, 0.1) is 34.5 Å². The molecule has 0 aromatic carbocycles. The van der Waals surface area contributed by atoms with Gasteiger partial charge in [0.2, 0.25) is 0 Å². The van der Waals surface area contributed by atoms with Crippen molar-refractivity contribution in [2.24, 2.45) is 34.5 Å². The number of rotatable bonds is 1. The molecule has 2 saturated carbocycles. The molecule has 140 valence electrons. The Labute approximate surface area is 157 Å². The molecule has 4 aliphatic rings. The number of aromatic nitrogens is 2. The zero-order chi connectivity index (χ0) is 18.1. The fourth-order valence-corrected chi connectivity index (χ4v) is 7.35. The molecule has 1 N–H and O–H groups in total. The van der Waals surface area contributed by atoms with Gasteiger partial charge in [-0.2, -0.15) is 0 Å². The highest BCUT2D eigenvalue weighted by molar-refractivity contribution is 5.57. The molecule has 5 rings (SSSR count). The number of nitrogens with zero attached hydrogens (tertiary/aromatic N) is 2. The molecular weight excluding hydrogens is 320 g/mol. The average Bonchev–Trinajstić information content (AvgIpc) is 3.23. The van der Waals surface area contributed by atoms with Gasteiger partial charge in [-0.3, -0.25) is 0 Å². The fourth-order valence-electron chi connectivity index (χ4n) is 7.35. The van der Waals surface area contributed by atoms with E-state index in [1.54, 1.807) is 5.57 Å². The van der Waals surface area contributed by atoms with Crippen molar-refractivity contribution in [1.29, 1.82) is 0 Å². The summed E-state index contributed by atoms with van der Waals surface area (Å²) in [5.74, 6) is 2.89. The Hall–Kier alpha value is -1.35. The van der Waals surface area contributed by atoms with Crippen molar-refractivity contribution < 1.29 is 5.11 Å². The van der Waals surface area contributed by atoms with Crippen LogP contribution in [0.3, 0.4) is 0 Å². The van der Waals surface area contributed by atoms with E-state index < -0.39 is 0 Å². The average molecular weight is 353 g/mol. The lowest BCUT2D eigenvalue weighted by Crippen LogP contribution is -2.52. The number of imidazole rings is 1. The van der Waals surface area contributed by atoms with Gasteiger partial charge < -0.3 is 9.67 Å². The van der Waals surface area contributed by atoms with Crippen LogP contribution in [0.4, 0.5) is 0 Å². The van der Waals surface area contributed by atoms with Crippen molar-refractivity contribution in [1.82, 2.24) is 9.55 Å². The maximum Gasteiger partial charge on any atom is 0.0989 e. The molecule has 0 amide bonds. The van der Waals surface area contributed by atoms with E-state index in [4.69, 9.17) is 0 Å². The summed E-state index contributed by atoms with van der Waals surface area (Å²) in [6.07, 6.45) is 17.8. The standard InChI is InChI=1S/C23H32N2O/c1-15-12-16-13-17(26)6-8-22(16,2)19-7-9-23(3)18(21(15)19)4-5-20(23)25-11-10-24-14-25/h5,10-12,14-15,17-19,21,26H,4,6-9,13H2,1-3H3/t15-,17-,18-,19-,21-,22-,23-/m0/s1. The molecule has 0 radical (unpaired) electrons. The minimum atomic E-state index is -0.118. The van der Waals surface area contributed by atoms with Crippen molar-refractivity contribution >= 4 is 5.70 Å². The minimum Gasteiger partial charge on any atom is -0.393 e. The van der Waals surface area contributed by atoms with Crippen LogP contribution in [0.2, 0.25) is 0 Å². The number of hydrogen-bond donors (Lipinski definition) is 1. The van der Waals surface area contributed by atoms with Crippen LogP contribution >= 0.6 is 0 Å².